The van der Waals surface area contributed by atoms with Gasteiger partial charge in [-0.25, -0.2) is 4.79 Å². The molecule has 316 valence electrons. The molecule has 6 unspecified atom stereocenters. The third-order valence-corrected chi connectivity index (χ3v) is 8.60. The third-order valence-electron chi connectivity index (χ3n) is 8.60. The molecule has 14 N–H and O–H groups in total. The van der Waals surface area contributed by atoms with Crippen molar-refractivity contribution in [3.8, 4) is 5.75 Å². The number of phenolic OH excluding ortho intramolecular Hbond substituents is 1. The van der Waals surface area contributed by atoms with Crippen molar-refractivity contribution in [2.45, 2.75) is 101 Å². The van der Waals surface area contributed by atoms with Crippen molar-refractivity contribution in [3.05, 3.63) is 65.7 Å². The van der Waals surface area contributed by atoms with Gasteiger partial charge in [0, 0.05) is 25.7 Å². The number of primary amides is 2. The highest BCUT2D eigenvalue weighted by atomic mass is 16.4. The number of nitrogens with one attached hydrogen (secondary N) is 5. The second-order valence-corrected chi connectivity index (χ2v) is 14.0. The van der Waals surface area contributed by atoms with Gasteiger partial charge in [-0.05, 0) is 48.4 Å². The van der Waals surface area contributed by atoms with Gasteiger partial charge in [0.25, 0.3) is 0 Å². The summed E-state index contributed by atoms with van der Waals surface area (Å²) in [5.41, 5.74) is 17.3. The van der Waals surface area contributed by atoms with Crippen LogP contribution in [0.25, 0.3) is 0 Å². The molecule has 20 heteroatoms. The summed E-state index contributed by atoms with van der Waals surface area (Å²) in [6, 6.07) is 5.34. The monoisotopic (exact) mass is 812 g/mol. The smallest absolute Gasteiger partial charge is 0.326 e. The third kappa shape index (κ3) is 17.5. The molecular weight excluding hydrogens is 760 g/mol. The molecule has 7 amide bonds. The average Bonchev–Trinajstić information content (AvgIpc) is 3.14. The first-order valence-corrected chi connectivity index (χ1v) is 18.4. The Bertz CT molecular complexity index is 1770. The molecule has 2 aromatic carbocycles. The molecule has 2 aromatic rings. The number of carboxylic acids is 2. The Balaban J connectivity index is 2.44. The molecule has 20 nitrogen and oxygen atoms in total. The van der Waals surface area contributed by atoms with E-state index in [4.69, 9.17) is 22.3 Å². The molecule has 6 atom stereocenters. The summed E-state index contributed by atoms with van der Waals surface area (Å²) in [7, 11) is 0. The number of rotatable bonds is 25. The van der Waals surface area contributed by atoms with Crippen LogP contribution in [-0.2, 0) is 56.0 Å². The molecule has 0 fully saturated rings. The summed E-state index contributed by atoms with van der Waals surface area (Å²) in [4.78, 5) is 114. The van der Waals surface area contributed by atoms with Gasteiger partial charge < -0.3 is 59.1 Å². The minimum absolute atomic E-state index is 0.0125. The first-order chi connectivity index (χ1) is 27.2. The van der Waals surface area contributed by atoms with E-state index in [0.29, 0.717) is 11.1 Å². The summed E-state index contributed by atoms with van der Waals surface area (Å²) in [6.07, 6.45) is -2.45. The lowest BCUT2D eigenvalue weighted by Gasteiger charge is -2.28. The molecule has 0 spiro atoms. The van der Waals surface area contributed by atoms with E-state index in [2.05, 4.69) is 26.6 Å². The molecule has 58 heavy (non-hydrogen) atoms. The van der Waals surface area contributed by atoms with Crippen LogP contribution in [0.3, 0.4) is 0 Å². The molecule has 0 aliphatic carbocycles. The van der Waals surface area contributed by atoms with Crippen molar-refractivity contribution >= 4 is 53.3 Å². The van der Waals surface area contributed by atoms with Crippen LogP contribution in [0.5, 0.6) is 5.75 Å². The fourth-order valence-corrected chi connectivity index (χ4v) is 5.57. The lowest BCUT2D eigenvalue weighted by molar-refractivity contribution is -0.142. The Hall–Kier alpha value is -6.57. The maximum absolute atomic E-state index is 14.1. The molecule has 2 rings (SSSR count). The Morgan fingerprint density at radius 1 is 0.569 bits per heavy atom. The standard InChI is InChI=1S/C38H52N8O12/c1-20(2)16-26(44-37(56)29(19-31(41)49)43-33(52)24(39)12-15-32(50)51)34(53)45-28(18-22-8-10-23(47)11-9-22)36(55)46-27(17-21-6-4-3-5-7-21)35(54)42-25(38(57)58)13-14-30(40)48/h3-11,20,24-29,47H,12-19,39H2,1-2H3,(H2,40,48)(H2,41,49)(H,42,54)(H,43,52)(H,44,56)(H,45,53)(H,46,55)(H,50,51)(H,57,58). The van der Waals surface area contributed by atoms with Crippen molar-refractivity contribution in [2.24, 2.45) is 23.1 Å². The van der Waals surface area contributed by atoms with E-state index < -0.39 is 102 Å². The number of hydrogen-bond acceptors (Lipinski definition) is 11. The maximum atomic E-state index is 14.1. The minimum atomic E-state index is -1.62. The van der Waals surface area contributed by atoms with Crippen molar-refractivity contribution < 1.29 is 58.5 Å². The van der Waals surface area contributed by atoms with Crippen LogP contribution in [0.4, 0.5) is 0 Å². The van der Waals surface area contributed by atoms with E-state index >= 15 is 0 Å². The number of benzene rings is 2. The predicted octanol–water partition coefficient (Wildman–Crippen LogP) is -1.93. The van der Waals surface area contributed by atoms with E-state index in [1.165, 1.54) is 24.3 Å². The number of carboxylic acid groups (broad SMARTS) is 2. The Morgan fingerprint density at radius 2 is 1.03 bits per heavy atom. The number of carbonyl (C=O) groups is 9. The number of carbonyl (C=O) groups excluding carboxylic acids is 7. The zero-order chi connectivity index (χ0) is 43.5. The lowest BCUT2D eigenvalue weighted by atomic mass is 9.99. The van der Waals surface area contributed by atoms with E-state index in [-0.39, 0.29) is 50.2 Å². The zero-order valence-electron chi connectivity index (χ0n) is 32.1. The van der Waals surface area contributed by atoms with Gasteiger partial charge in [-0.15, -0.1) is 0 Å². The van der Waals surface area contributed by atoms with Crippen LogP contribution < -0.4 is 43.8 Å². The Morgan fingerprint density at radius 3 is 1.52 bits per heavy atom. The van der Waals surface area contributed by atoms with Gasteiger partial charge in [-0.3, -0.25) is 38.4 Å². The highest BCUT2D eigenvalue weighted by Crippen LogP contribution is 2.14. The van der Waals surface area contributed by atoms with Crippen LogP contribution in [0.1, 0.15) is 63.5 Å². The lowest BCUT2D eigenvalue weighted by Crippen LogP contribution is -2.60. The van der Waals surface area contributed by atoms with Crippen molar-refractivity contribution in [2.75, 3.05) is 0 Å². The normalized spacial score (nSPS) is 14.0. The minimum Gasteiger partial charge on any atom is -0.508 e. The highest BCUT2D eigenvalue weighted by Gasteiger charge is 2.34. The number of nitrogens with two attached hydrogens (primary N) is 3. The largest absolute Gasteiger partial charge is 0.508 e. The number of aliphatic carboxylic acids is 2. The summed E-state index contributed by atoms with van der Waals surface area (Å²) in [5.74, 6) is -9.44. The number of amides is 7. The summed E-state index contributed by atoms with van der Waals surface area (Å²) in [5, 5.41) is 40.7. The van der Waals surface area contributed by atoms with Crippen LogP contribution in [0.15, 0.2) is 54.6 Å². The van der Waals surface area contributed by atoms with Gasteiger partial charge in [-0.1, -0.05) is 56.3 Å². The SMILES string of the molecule is CC(C)CC(NC(=O)C(CC(N)=O)NC(=O)C(N)CCC(=O)O)C(=O)NC(Cc1ccc(O)cc1)C(=O)NC(Cc1ccccc1)C(=O)NC(CCC(N)=O)C(=O)O. The molecule has 0 aromatic heterocycles. The fourth-order valence-electron chi connectivity index (χ4n) is 5.57. The van der Waals surface area contributed by atoms with E-state index in [9.17, 15) is 53.4 Å². The quantitative estimate of drug-likeness (QED) is 0.0521. The topological polar surface area (TPSA) is 353 Å². The van der Waals surface area contributed by atoms with Crippen molar-refractivity contribution in [1.29, 1.82) is 0 Å². The predicted molar refractivity (Wildman–Crippen MR) is 206 cm³/mol. The summed E-state index contributed by atoms with van der Waals surface area (Å²) < 4.78 is 0. The maximum Gasteiger partial charge on any atom is 0.326 e. The molecule has 0 aliphatic rings. The van der Waals surface area contributed by atoms with Crippen LogP contribution in [0, 0.1) is 5.92 Å². The summed E-state index contributed by atoms with van der Waals surface area (Å²) >= 11 is 0. The number of aromatic hydroxyl groups is 1. The highest BCUT2D eigenvalue weighted by molar-refractivity contribution is 5.97. The van der Waals surface area contributed by atoms with Gasteiger partial charge in [0.05, 0.1) is 12.5 Å². The van der Waals surface area contributed by atoms with E-state index in [1.54, 1.807) is 44.2 Å². The summed E-state index contributed by atoms with van der Waals surface area (Å²) in [6.45, 7) is 3.47. The van der Waals surface area contributed by atoms with Gasteiger partial charge in [-0.2, -0.15) is 0 Å². The fraction of sp³-hybridized carbons (Fsp3) is 0.447. The van der Waals surface area contributed by atoms with Gasteiger partial charge in [0.15, 0.2) is 0 Å². The zero-order valence-corrected chi connectivity index (χ0v) is 32.1. The number of phenols is 1. The number of hydrogen-bond donors (Lipinski definition) is 11. The molecule has 0 radical (unpaired) electrons. The van der Waals surface area contributed by atoms with Crippen molar-refractivity contribution in [3.63, 3.8) is 0 Å². The molecule has 0 bridgehead atoms. The van der Waals surface area contributed by atoms with E-state index in [0.717, 1.165) is 0 Å². The Kier molecular flexibility index (Phi) is 19.3. The molecule has 0 aliphatic heterocycles. The molecule has 0 heterocycles. The van der Waals surface area contributed by atoms with E-state index in [1.807, 2.05) is 0 Å². The first kappa shape index (κ1) is 47.6. The molecule has 0 saturated carbocycles. The molecular formula is C38H52N8O12. The Labute approximate surface area is 334 Å². The van der Waals surface area contributed by atoms with Gasteiger partial charge in [0.2, 0.25) is 41.4 Å². The van der Waals surface area contributed by atoms with Crippen molar-refractivity contribution in [1.82, 2.24) is 26.6 Å². The van der Waals surface area contributed by atoms with Crippen LogP contribution in [-0.4, -0.2) is 105 Å². The second-order valence-electron chi connectivity index (χ2n) is 14.0. The van der Waals surface area contributed by atoms with Crippen LogP contribution in [0.2, 0.25) is 0 Å². The first-order valence-electron chi connectivity index (χ1n) is 18.4. The van der Waals surface area contributed by atoms with Gasteiger partial charge >= 0.3 is 11.9 Å². The van der Waals surface area contributed by atoms with Crippen LogP contribution >= 0.6 is 0 Å². The molecule has 0 saturated heterocycles. The second kappa shape index (κ2) is 23.5. The average molecular weight is 813 g/mol. The van der Waals surface area contributed by atoms with Gasteiger partial charge in [0.1, 0.15) is 36.0 Å².